The lowest BCUT2D eigenvalue weighted by Crippen LogP contribution is -2.55. The topological polar surface area (TPSA) is 102 Å². The number of allylic oxidation sites excluding steroid dienone is 16. The second-order valence-electron chi connectivity index (χ2n) is 15.4. The van der Waals surface area contributed by atoms with Crippen LogP contribution >= 0.6 is 0 Å². The maximum absolute atomic E-state index is 12.7. The Morgan fingerprint density at radius 1 is 0.544 bits per heavy atom. The highest BCUT2D eigenvalue weighted by molar-refractivity contribution is 5.70. The van der Waals surface area contributed by atoms with Crippen molar-refractivity contribution in [3.05, 3.63) is 97.2 Å². The number of carbonyl (C=O) groups is 3. The highest BCUT2D eigenvalue weighted by atomic mass is 16.6. The smallest absolute Gasteiger partial charge is 0.306 e. The van der Waals surface area contributed by atoms with E-state index in [4.69, 9.17) is 14.2 Å². The molecular formula is C49H79NO7. The van der Waals surface area contributed by atoms with E-state index in [1.165, 1.54) is 32.1 Å². The van der Waals surface area contributed by atoms with Crippen LogP contribution in [0.25, 0.3) is 0 Å². The number of nitrogens with zero attached hydrogens (tertiary/aromatic N) is 1. The summed E-state index contributed by atoms with van der Waals surface area (Å²) < 4.78 is 17.1. The summed E-state index contributed by atoms with van der Waals surface area (Å²) in [5, 5.41) is 11.6. The Balaban J connectivity index is 4.49. The maximum atomic E-state index is 12.7. The molecule has 0 rings (SSSR count). The van der Waals surface area contributed by atoms with E-state index in [0.29, 0.717) is 12.8 Å². The molecule has 0 aromatic carbocycles. The van der Waals surface area contributed by atoms with E-state index < -0.39 is 18.1 Å². The van der Waals surface area contributed by atoms with Crippen LogP contribution in [0.3, 0.4) is 0 Å². The molecule has 0 aromatic rings. The Hall–Kier alpha value is -3.75. The van der Waals surface area contributed by atoms with Crippen molar-refractivity contribution in [2.45, 2.75) is 154 Å². The minimum atomic E-state index is -1.14. The van der Waals surface area contributed by atoms with E-state index in [2.05, 4.69) is 62.5 Å². The van der Waals surface area contributed by atoms with Crippen LogP contribution in [0.5, 0.6) is 0 Å². The number of unbranched alkanes of at least 4 members (excludes halogenated alkanes) is 13. The molecule has 57 heavy (non-hydrogen) atoms. The van der Waals surface area contributed by atoms with Gasteiger partial charge >= 0.3 is 11.9 Å². The lowest BCUT2D eigenvalue weighted by molar-refractivity contribution is -0.889. The number of esters is 2. The van der Waals surface area contributed by atoms with Crippen molar-refractivity contribution in [2.75, 3.05) is 41.0 Å². The van der Waals surface area contributed by atoms with E-state index in [-0.39, 0.29) is 49.1 Å². The number of quaternary nitrogens is 1. The van der Waals surface area contributed by atoms with Crippen molar-refractivity contribution in [1.82, 2.24) is 0 Å². The third-order valence-electron chi connectivity index (χ3n) is 9.14. The molecule has 0 spiro atoms. The molecule has 2 atom stereocenters. The fourth-order valence-corrected chi connectivity index (χ4v) is 5.74. The van der Waals surface area contributed by atoms with Crippen LogP contribution in [0, 0.1) is 0 Å². The zero-order valence-electron chi connectivity index (χ0n) is 36.5. The van der Waals surface area contributed by atoms with Crippen LogP contribution in [0.15, 0.2) is 97.2 Å². The fourth-order valence-electron chi connectivity index (χ4n) is 5.74. The van der Waals surface area contributed by atoms with E-state index in [1.54, 1.807) is 21.1 Å². The van der Waals surface area contributed by atoms with Crippen molar-refractivity contribution in [2.24, 2.45) is 0 Å². The SMILES string of the molecule is CC/C=C/C=C/C=C/C=C/C=C/CCCCCC(=O)OC(COCCC(C(=O)[O-])[N+](C)(C)C)COC(=O)CCCCCCC/C=C/C=C/C=C/CCCCCCC. The molecule has 0 amide bonds. The van der Waals surface area contributed by atoms with Gasteiger partial charge in [0, 0.05) is 19.3 Å². The molecule has 2 unspecified atom stereocenters. The van der Waals surface area contributed by atoms with Crippen LogP contribution < -0.4 is 5.11 Å². The number of rotatable bonds is 37. The van der Waals surface area contributed by atoms with Gasteiger partial charge in [-0.15, -0.1) is 0 Å². The van der Waals surface area contributed by atoms with Gasteiger partial charge in [-0.1, -0.05) is 162 Å². The summed E-state index contributed by atoms with van der Waals surface area (Å²) in [6.45, 7) is 4.41. The quantitative estimate of drug-likeness (QED) is 0.0267. The Labute approximate surface area is 347 Å². The molecular weight excluding hydrogens is 715 g/mol. The monoisotopic (exact) mass is 794 g/mol. The summed E-state index contributed by atoms with van der Waals surface area (Å²) in [5.41, 5.74) is 0. The molecule has 0 aliphatic rings. The number of hydrogen-bond donors (Lipinski definition) is 0. The maximum Gasteiger partial charge on any atom is 0.306 e. The molecule has 0 bridgehead atoms. The van der Waals surface area contributed by atoms with Gasteiger partial charge in [0.2, 0.25) is 0 Å². The standard InChI is InChI=1S/C49H79NO7/c1-6-8-10-12-14-16-18-20-22-23-24-26-27-29-31-33-35-37-39-47(51)56-44-45(43-55-42-41-46(49(53)54)50(3,4)5)57-48(52)40-38-36-34-32-30-28-25-21-19-17-15-13-11-9-7-2/h9,11,13,15,17-26,28,30,45-46H,6-8,10,12,14,16,27,29,31-44H2,1-5H3/b11-9+,15-13+,19-17+,20-18+,23-22+,25-21+,26-24+,30-28+. The molecule has 0 heterocycles. The van der Waals surface area contributed by atoms with E-state index in [1.807, 2.05) is 48.6 Å². The van der Waals surface area contributed by atoms with Crippen LogP contribution in [0.4, 0.5) is 0 Å². The van der Waals surface area contributed by atoms with E-state index in [0.717, 1.165) is 70.6 Å². The van der Waals surface area contributed by atoms with Crippen LogP contribution in [-0.2, 0) is 28.6 Å². The van der Waals surface area contributed by atoms with Crippen molar-refractivity contribution in [1.29, 1.82) is 0 Å². The molecule has 0 aliphatic carbocycles. The number of ether oxygens (including phenoxy) is 3. The van der Waals surface area contributed by atoms with Gasteiger partial charge < -0.3 is 28.6 Å². The molecule has 0 fully saturated rings. The van der Waals surface area contributed by atoms with Gasteiger partial charge in [-0.05, 0) is 57.8 Å². The lowest BCUT2D eigenvalue weighted by Gasteiger charge is -2.34. The number of likely N-dealkylation sites (N-methyl/N-ethyl adjacent to an activating group) is 1. The third-order valence-corrected chi connectivity index (χ3v) is 9.14. The Kier molecular flexibility index (Phi) is 36.5. The van der Waals surface area contributed by atoms with Crippen LogP contribution in [0.1, 0.15) is 142 Å². The first-order chi connectivity index (χ1) is 27.6. The molecule has 8 nitrogen and oxygen atoms in total. The number of carboxylic acids is 1. The van der Waals surface area contributed by atoms with Gasteiger partial charge in [0.05, 0.1) is 40.3 Å². The number of hydrogen-bond acceptors (Lipinski definition) is 7. The minimum Gasteiger partial charge on any atom is -0.544 e. The predicted molar refractivity (Wildman–Crippen MR) is 235 cm³/mol. The van der Waals surface area contributed by atoms with Crippen LogP contribution in [0.2, 0.25) is 0 Å². The molecule has 0 saturated heterocycles. The summed E-state index contributed by atoms with van der Waals surface area (Å²) >= 11 is 0. The van der Waals surface area contributed by atoms with Gasteiger partial charge in [0.15, 0.2) is 6.10 Å². The molecule has 0 radical (unpaired) electrons. The van der Waals surface area contributed by atoms with Gasteiger partial charge in [0.25, 0.3) is 0 Å². The Morgan fingerprint density at radius 3 is 1.47 bits per heavy atom. The summed E-state index contributed by atoms with van der Waals surface area (Å²) in [6, 6.07) is -0.743. The number of aliphatic carboxylic acids is 1. The van der Waals surface area contributed by atoms with Crippen molar-refractivity contribution < 1.29 is 38.2 Å². The van der Waals surface area contributed by atoms with Gasteiger partial charge in [-0.2, -0.15) is 0 Å². The zero-order chi connectivity index (χ0) is 42.1. The van der Waals surface area contributed by atoms with Crippen molar-refractivity contribution >= 4 is 17.9 Å². The summed E-state index contributed by atoms with van der Waals surface area (Å²) in [6.07, 6.45) is 51.4. The van der Waals surface area contributed by atoms with Gasteiger partial charge in [0.1, 0.15) is 12.6 Å². The van der Waals surface area contributed by atoms with E-state index in [9.17, 15) is 19.5 Å². The molecule has 322 valence electrons. The van der Waals surface area contributed by atoms with Crippen molar-refractivity contribution in [3.8, 4) is 0 Å². The summed E-state index contributed by atoms with van der Waals surface area (Å²) in [5.74, 6) is -1.83. The summed E-state index contributed by atoms with van der Waals surface area (Å²) in [7, 11) is 5.37. The molecule has 0 aliphatic heterocycles. The van der Waals surface area contributed by atoms with Crippen LogP contribution in [-0.4, -0.2) is 75.5 Å². The molecule has 0 N–H and O–H groups in total. The first kappa shape index (κ1) is 53.2. The average molecular weight is 794 g/mol. The highest BCUT2D eigenvalue weighted by Gasteiger charge is 2.25. The first-order valence-electron chi connectivity index (χ1n) is 21.9. The Morgan fingerprint density at radius 2 is 0.982 bits per heavy atom. The largest absolute Gasteiger partial charge is 0.544 e. The Bertz CT molecular complexity index is 1250. The van der Waals surface area contributed by atoms with Crippen molar-refractivity contribution in [3.63, 3.8) is 0 Å². The van der Waals surface area contributed by atoms with Gasteiger partial charge in [-0.25, -0.2) is 0 Å². The summed E-state index contributed by atoms with van der Waals surface area (Å²) in [4.78, 5) is 36.8. The highest BCUT2D eigenvalue weighted by Crippen LogP contribution is 2.12. The average Bonchev–Trinajstić information content (AvgIpc) is 3.17. The molecule has 8 heteroatoms. The fraction of sp³-hybridized carbons (Fsp3) is 0.612. The normalized spacial score (nSPS) is 13.9. The number of carbonyl (C=O) groups excluding carboxylic acids is 3. The first-order valence-corrected chi connectivity index (χ1v) is 21.9. The zero-order valence-corrected chi connectivity index (χ0v) is 36.5. The molecule has 0 saturated carbocycles. The number of carboxylic acid groups (broad SMARTS) is 1. The molecule has 0 aromatic heterocycles. The third kappa shape index (κ3) is 37.6. The lowest BCUT2D eigenvalue weighted by atomic mass is 10.1. The second kappa shape index (κ2) is 39.1. The second-order valence-corrected chi connectivity index (χ2v) is 15.4. The van der Waals surface area contributed by atoms with E-state index >= 15 is 0 Å². The van der Waals surface area contributed by atoms with Gasteiger partial charge in [-0.3, -0.25) is 9.59 Å². The minimum absolute atomic E-state index is 0.00968. The predicted octanol–water partition coefficient (Wildman–Crippen LogP) is 10.6.